The molecule has 0 radical (unpaired) electrons. The Morgan fingerprint density at radius 3 is 2.21 bits per heavy atom. The normalized spacial score (nSPS) is 21.0. The van der Waals surface area contributed by atoms with Gasteiger partial charge in [0.2, 0.25) is 5.91 Å². The zero-order valence-corrected chi connectivity index (χ0v) is 18.8. The average molecular weight is 457 g/mol. The summed E-state index contributed by atoms with van der Waals surface area (Å²) in [7, 11) is 0. The van der Waals surface area contributed by atoms with Crippen molar-refractivity contribution in [1.29, 1.82) is 0 Å². The summed E-state index contributed by atoms with van der Waals surface area (Å²) in [5, 5.41) is 0. The van der Waals surface area contributed by atoms with Crippen molar-refractivity contribution < 1.29 is 23.1 Å². The van der Waals surface area contributed by atoms with Crippen LogP contribution in [0.3, 0.4) is 0 Å². The van der Waals surface area contributed by atoms with E-state index in [1.54, 1.807) is 0 Å². The van der Waals surface area contributed by atoms with Crippen molar-refractivity contribution in [3.63, 3.8) is 0 Å². The van der Waals surface area contributed by atoms with Gasteiger partial charge in [0.15, 0.2) is 0 Å². The number of carbonyl (C=O) groups excluding carboxylic acids is 2. The Morgan fingerprint density at radius 2 is 1.52 bits per heavy atom. The predicted octanol–water partition coefficient (Wildman–Crippen LogP) is 4.67. The molecule has 2 aliphatic rings. The number of para-hydroxylation sites is 1. The van der Waals surface area contributed by atoms with E-state index in [4.69, 9.17) is 4.74 Å². The van der Waals surface area contributed by atoms with Crippen molar-refractivity contribution >= 4 is 11.8 Å². The van der Waals surface area contributed by atoms with Crippen LogP contribution in [0, 0.1) is 17.0 Å². The van der Waals surface area contributed by atoms with Gasteiger partial charge in [-0.2, -0.15) is 0 Å². The number of hydrogen-bond donors (Lipinski definition) is 0. The van der Waals surface area contributed by atoms with Gasteiger partial charge in [0.05, 0.1) is 6.61 Å². The highest BCUT2D eigenvalue weighted by molar-refractivity contribution is 5.95. The number of amides is 2. The maximum absolute atomic E-state index is 14.3. The Labute approximate surface area is 193 Å². The Morgan fingerprint density at radius 1 is 0.848 bits per heavy atom. The van der Waals surface area contributed by atoms with E-state index < -0.39 is 28.5 Å². The molecule has 2 fully saturated rings. The molecular weight excluding hydrogens is 426 g/mol. The summed E-state index contributed by atoms with van der Waals surface area (Å²) in [6.07, 6.45) is 4.69. The molecule has 2 aliphatic heterocycles. The molecule has 33 heavy (non-hydrogen) atoms. The quantitative estimate of drug-likeness (QED) is 0.635. The largest absolute Gasteiger partial charge is 0.493 e. The lowest BCUT2D eigenvalue weighted by Crippen LogP contribution is -2.51. The second kappa shape index (κ2) is 10.3. The molecule has 2 amide bonds. The van der Waals surface area contributed by atoms with Crippen molar-refractivity contribution in [2.24, 2.45) is 5.41 Å². The summed E-state index contributed by atoms with van der Waals surface area (Å²) in [5.41, 5.74) is -1.17. The van der Waals surface area contributed by atoms with E-state index in [-0.39, 0.29) is 25.5 Å². The van der Waals surface area contributed by atoms with Crippen LogP contribution in [0.5, 0.6) is 5.75 Å². The molecule has 2 saturated heterocycles. The number of halogens is 2. The molecule has 0 aliphatic carbocycles. The lowest BCUT2D eigenvalue weighted by molar-refractivity contribution is -0.136. The smallest absolute Gasteiger partial charge is 0.259 e. The fourth-order valence-electron chi connectivity index (χ4n) is 4.88. The molecule has 2 aromatic carbocycles. The number of ether oxygens (including phenoxy) is 1. The monoisotopic (exact) mass is 456 g/mol. The summed E-state index contributed by atoms with van der Waals surface area (Å²) in [6, 6.07) is 12.8. The van der Waals surface area contributed by atoms with Crippen molar-refractivity contribution in [2.75, 3.05) is 32.8 Å². The van der Waals surface area contributed by atoms with Gasteiger partial charge in [-0.15, -0.1) is 0 Å². The van der Waals surface area contributed by atoms with Crippen LogP contribution in [0.1, 0.15) is 48.9 Å². The molecule has 0 bridgehead atoms. The molecule has 0 saturated carbocycles. The van der Waals surface area contributed by atoms with E-state index in [9.17, 15) is 18.4 Å². The lowest BCUT2D eigenvalue weighted by Gasteiger charge is -2.43. The number of rotatable bonds is 6. The third-order valence-corrected chi connectivity index (χ3v) is 6.65. The van der Waals surface area contributed by atoms with Crippen LogP contribution in [-0.4, -0.2) is 54.4 Å². The summed E-state index contributed by atoms with van der Waals surface area (Å²) in [5.74, 6) is -1.69. The second-order valence-corrected chi connectivity index (χ2v) is 9.15. The van der Waals surface area contributed by atoms with E-state index in [0.29, 0.717) is 25.1 Å². The maximum Gasteiger partial charge on any atom is 0.259 e. The van der Waals surface area contributed by atoms with Gasteiger partial charge in [-0.1, -0.05) is 24.3 Å². The molecule has 2 aromatic rings. The van der Waals surface area contributed by atoms with Gasteiger partial charge in [-0.3, -0.25) is 9.59 Å². The Kier molecular flexibility index (Phi) is 7.26. The minimum Gasteiger partial charge on any atom is -0.493 e. The Balaban J connectivity index is 1.56. The van der Waals surface area contributed by atoms with E-state index in [1.165, 1.54) is 11.0 Å². The summed E-state index contributed by atoms with van der Waals surface area (Å²) in [6.45, 7) is 2.35. The van der Waals surface area contributed by atoms with Gasteiger partial charge < -0.3 is 14.5 Å². The number of benzene rings is 2. The van der Waals surface area contributed by atoms with E-state index in [1.807, 2.05) is 35.2 Å². The van der Waals surface area contributed by atoms with Crippen molar-refractivity contribution in [3.8, 4) is 5.75 Å². The fourth-order valence-corrected chi connectivity index (χ4v) is 4.88. The molecule has 0 unspecified atom stereocenters. The van der Waals surface area contributed by atoms with Crippen LogP contribution in [0.15, 0.2) is 48.5 Å². The number of piperidine rings is 2. The van der Waals surface area contributed by atoms with E-state index in [2.05, 4.69) is 0 Å². The molecule has 2 heterocycles. The second-order valence-electron chi connectivity index (χ2n) is 9.15. The summed E-state index contributed by atoms with van der Waals surface area (Å²) < 4.78 is 34.7. The maximum atomic E-state index is 14.3. The van der Waals surface area contributed by atoms with Crippen molar-refractivity contribution in [1.82, 2.24) is 9.80 Å². The molecule has 0 spiro atoms. The van der Waals surface area contributed by atoms with Crippen LogP contribution in [0.4, 0.5) is 8.78 Å². The highest BCUT2D eigenvalue weighted by atomic mass is 19.1. The number of nitrogens with zero attached hydrogens (tertiary/aromatic N) is 2. The molecule has 0 N–H and O–H groups in total. The molecule has 0 aromatic heterocycles. The van der Waals surface area contributed by atoms with Gasteiger partial charge in [-0.25, -0.2) is 8.78 Å². The predicted molar refractivity (Wildman–Crippen MR) is 121 cm³/mol. The zero-order valence-electron chi connectivity index (χ0n) is 18.8. The molecule has 176 valence electrons. The van der Waals surface area contributed by atoms with Gasteiger partial charge >= 0.3 is 0 Å². The highest BCUT2D eigenvalue weighted by Crippen LogP contribution is 2.36. The molecular formula is C26H30F2N2O3. The number of hydrogen-bond acceptors (Lipinski definition) is 3. The first-order valence-corrected chi connectivity index (χ1v) is 11.7. The van der Waals surface area contributed by atoms with Crippen molar-refractivity contribution in [2.45, 2.75) is 38.5 Å². The van der Waals surface area contributed by atoms with Crippen molar-refractivity contribution in [3.05, 3.63) is 65.7 Å². The van der Waals surface area contributed by atoms with Crippen LogP contribution in [0.25, 0.3) is 0 Å². The average Bonchev–Trinajstić information content (AvgIpc) is 2.84. The molecule has 4 rings (SSSR count). The lowest BCUT2D eigenvalue weighted by atomic mass is 9.77. The fraction of sp³-hybridized carbons (Fsp3) is 0.462. The first-order valence-electron chi connectivity index (χ1n) is 11.7. The first kappa shape index (κ1) is 23.2. The first-order chi connectivity index (χ1) is 16.0. The molecule has 7 heteroatoms. The van der Waals surface area contributed by atoms with Crippen LogP contribution in [0.2, 0.25) is 0 Å². The van der Waals surface area contributed by atoms with Crippen LogP contribution in [-0.2, 0) is 4.79 Å². The van der Waals surface area contributed by atoms with Gasteiger partial charge in [0, 0.05) is 38.0 Å². The minimum atomic E-state index is -0.874. The zero-order chi connectivity index (χ0) is 23.3. The summed E-state index contributed by atoms with van der Waals surface area (Å²) >= 11 is 0. The van der Waals surface area contributed by atoms with Gasteiger partial charge in [-0.05, 0) is 56.4 Å². The topological polar surface area (TPSA) is 49.9 Å². The molecule has 1 atom stereocenters. The highest BCUT2D eigenvalue weighted by Gasteiger charge is 2.41. The number of likely N-dealkylation sites (tertiary alicyclic amines) is 2. The van der Waals surface area contributed by atoms with Crippen LogP contribution < -0.4 is 4.74 Å². The third-order valence-electron chi connectivity index (χ3n) is 6.65. The number of carbonyl (C=O) groups is 2. The Bertz CT molecular complexity index is 959. The molecule has 5 nitrogen and oxygen atoms in total. The SMILES string of the molecule is O=C(C[C@]1(COc2ccccc2)CCCN(C(=O)c2c(F)cccc2F)C1)N1CCCCC1. The minimum absolute atomic E-state index is 0.0535. The van der Waals surface area contributed by atoms with Gasteiger partial charge in [0.25, 0.3) is 5.91 Å². The third kappa shape index (κ3) is 5.52. The summed E-state index contributed by atoms with van der Waals surface area (Å²) in [4.78, 5) is 29.7. The van der Waals surface area contributed by atoms with Gasteiger partial charge in [0.1, 0.15) is 22.9 Å². The van der Waals surface area contributed by atoms with E-state index in [0.717, 1.165) is 44.5 Å². The Hall–Kier alpha value is -2.96. The van der Waals surface area contributed by atoms with Crippen LogP contribution >= 0.6 is 0 Å². The van der Waals surface area contributed by atoms with E-state index >= 15 is 0 Å². The standard InChI is InChI=1S/C26H30F2N2O3/c27-21-11-7-12-22(28)24(21)25(32)30-16-8-13-26(18-30,19-33-20-9-3-1-4-10-20)17-23(31)29-14-5-2-6-15-29/h1,3-4,7,9-12H,2,5-6,8,13-19H2/t26-/m1/s1.